The van der Waals surface area contributed by atoms with Crippen LogP contribution in [0.25, 0.3) is 10.8 Å². The Hall–Kier alpha value is -3.41. The predicted molar refractivity (Wildman–Crippen MR) is 104 cm³/mol. The monoisotopic (exact) mass is 381 g/mol. The fourth-order valence-corrected chi connectivity index (χ4v) is 2.93. The van der Waals surface area contributed by atoms with Gasteiger partial charge in [0.15, 0.2) is 6.61 Å². The second-order valence-corrected chi connectivity index (χ2v) is 6.13. The molecule has 0 unspecified atom stereocenters. The highest BCUT2D eigenvalue weighted by molar-refractivity contribution is 6.06. The zero-order chi connectivity index (χ0) is 19.9. The Balaban J connectivity index is 1.56. The number of nitrogens with one attached hydrogen (secondary N) is 1. The number of benzene rings is 3. The van der Waals surface area contributed by atoms with Crippen LogP contribution < -0.4 is 10.1 Å². The first-order chi connectivity index (χ1) is 13.6. The number of halogens is 1. The second kappa shape index (κ2) is 8.99. The number of carbonyl (C=O) groups is 2. The molecular weight excluding hydrogens is 361 g/mol. The van der Waals surface area contributed by atoms with E-state index in [4.69, 9.17) is 9.47 Å². The number of hydrogen-bond acceptors (Lipinski definition) is 4. The van der Waals surface area contributed by atoms with Crippen molar-refractivity contribution < 1.29 is 23.5 Å². The van der Waals surface area contributed by atoms with Gasteiger partial charge in [-0.3, -0.25) is 4.79 Å². The van der Waals surface area contributed by atoms with Gasteiger partial charge in [0.2, 0.25) is 0 Å². The van der Waals surface area contributed by atoms with E-state index in [1.807, 2.05) is 18.2 Å². The van der Waals surface area contributed by atoms with E-state index in [9.17, 15) is 14.0 Å². The minimum absolute atomic E-state index is 0.253. The Morgan fingerprint density at radius 2 is 1.68 bits per heavy atom. The molecule has 28 heavy (non-hydrogen) atoms. The second-order valence-electron chi connectivity index (χ2n) is 6.13. The smallest absolute Gasteiger partial charge is 0.339 e. The van der Waals surface area contributed by atoms with E-state index in [0.29, 0.717) is 28.7 Å². The number of carbonyl (C=O) groups excluding carboxylic acids is 2. The Kier molecular flexibility index (Phi) is 6.22. The van der Waals surface area contributed by atoms with Crippen LogP contribution in [0.3, 0.4) is 0 Å². The van der Waals surface area contributed by atoms with Gasteiger partial charge in [-0.2, -0.15) is 0 Å². The molecule has 0 bridgehead atoms. The van der Waals surface area contributed by atoms with Crippen molar-refractivity contribution in [2.75, 3.05) is 20.3 Å². The third-order valence-corrected chi connectivity index (χ3v) is 4.33. The van der Waals surface area contributed by atoms with Crippen LogP contribution in [0.15, 0.2) is 60.7 Å². The molecule has 0 aliphatic carbocycles. The summed E-state index contributed by atoms with van der Waals surface area (Å²) in [5, 5.41) is 4.09. The minimum Gasteiger partial charge on any atom is -0.496 e. The lowest BCUT2D eigenvalue weighted by molar-refractivity contribution is -0.124. The summed E-state index contributed by atoms with van der Waals surface area (Å²) in [6, 6.07) is 17.0. The van der Waals surface area contributed by atoms with Gasteiger partial charge >= 0.3 is 5.97 Å². The van der Waals surface area contributed by atoms with Crippen molar-refractivity contribution in [2.45, 2.75) is 6.42 Å². The van der Waals surface area contributed by atoms with Crippen molar-refractivity contribution in [3.8, 4) is 5.75 Å². The number of rotatable bonds is 7. The fraction of sp³-hybridized carbons (Fsp3) is 0.182. The average Bonchev–Trinajstić information content (AvgIpc) is 2.72. The Labute approximate surface area is 162 Å². The van der Waals surface area contributed by atoms with Crippen molar-refractivity contribution in [3.05, 3.63) is 77.6 Å². The molecule has 5 nitrogen and oxygen atoms in total. The summed E-state index contributed by atoms with van der Waals surface area (Å²) in [6.07, 6.45) is 0.357. The molecule has 0 aliphatic heterocycles. The third-order valence-electron chi connectivity index (χ3n) is 4.33. The molecule has 1 amide bonds. The van der Waals surface area contributed by atoms with Gasteiger partial charge in [0.05, 0.1) is 12.7 Å². The molecule has 144 valence electrons. The first kappa shape index (κ1) is 19.4. The molecular formula is C22H20FNO4. The SMILES string of the molecule is COc1ccc(C(=O)OCC(=O)NCCc2ccccc2F)c2ccccc12. The number of hydrogen-bond donors (Lipinski definition) is 1. The maximum absolute atomic E-state index is 13.5. The average molecular weight is 381 g/mol. The van der Waals surface area contributed by atoms with Crippen LogP contribution in [0.1, 0.15) is 15.9 Å². The molecule has 0 aliphatic rings. The molecule has 6 heteroatoms. The summed E-state index contributed by atoms with van der Waals surface area (Å²) in [5.41, 5.74) is 0.875. The lowest BCUT2D eigenvalue weighted by Gasteiger charge is -2.11. The van der Waals surface area contributed by atoms with E-state index >= 15 is 0 Å². The van der Waals surface area contributed by atoms with Gasteiger partial charge in [0, 0.05) is 11.9 Å². The van der Waals surface area contributed by atoms with Crippen molar-refractivity contribution in [2.24, 2.45) is 0 Å². The van der Waals surface area contributed by atoms with Gasteiger partial charge in [0.1, 0.15) is 11.6 Å². The van der Waals surface area contributed by atoms with Crippen LogP contribution in [0.4, 0.5) is 4.39 Å². The maximum atomic E-state index is 13.5. The molecule has 3 rings (SSSR count). The van der Waals surface area contributed by atoms with E-state index in [-0.39, 0.29) is 12.4 Å². The number of ether oxygens (including phenoxy) is 2. The number of methoxy groups -OCH3 is 1. The summed E-state index contributed by atoms with van der Waals surface area (Å²) in [7, 11) is 1.56. The number of amides is 1. The van der Waals surface area contributed by atoms with Crippen LogP contribution in [-0.4, -0.2) is 32.1 Å². The lowest BCUT2D eigenvalue weighted by Crippen LogP contribution is -2.30. The van der Waals surface area contributed by atoms with E-state index in [2.05, 4.69) is 5.32 Å². The van der Waals surface area contributed by atoms with Crippen molar-refractivity contribution >= 4 is 22.6 Å². The zero-order valence-corrected chi connectivity index (χ0v) is 15.4. The number of esters is 1. The molecule has 0 spiro atoms. The molecule has 0 aromatic heterocycles. The lowest BCUT2D eigenvalue weighted by atomic mass is 10.0. The molecule has 0 heterocycles. The molecule has 1 N–H and O–H groups in total. The summed E-state index contributed by atoms with van der Waals surface area (Å²) in [4.78, 5) is 24.3. The van der Waals surface area contributed by atoms with Crippen molar-refractivity contribution in [1.29, 1.82) is 0 Å². The van der Waals surface area contributed by atoms with Crippen molar-refractivity contribution in [3.63, 3.8) is 0 Å². The van der Waals surface area contributed by atoms with Crippen LogP contribution in [0, 0.1) is 5.82 Å². The molecule has 0 fully saturated rings. The van der Waals surface area contributed by atoms with Crippen LogP contribution in [0.2, 0.25) is 0 Å². The maximum Gasteiger partial charge on any atom is 0.339 e. The first-order valence-corrected chi connectivity index (χ1v) is 8.83. The first-order valence-electron chi connectivity index (χ1n) is 8.83. The van der Waals surface area contributed by atoms with Gasteiger partial charge in [-0.15, -0.1) is 0 Å². The van der Waals surface area contributed by atoms with Gasteiger partial charge < -0.3 is 14.8 Å². The zero-order valence-electron chi connectivity index (χ0n) is 15.4. The van der Waals surface area contributed by atoms with Crippen molar-refractivity contribution in [1.82, 2.24) is 5.32 Å². The summed E-state index contributed by atoms with van der Waals surface area (Å²) >= 11 is 0. The molecule has 0 radical (unpaired) electrons. The van der Waals surface area contributed by atoms with Gasteiger partial charge in [0.25, 0.3) is 5.91 Å². The summed E-state index contributed by atoms with van der Waals surface area (Å²) in [5.74, 6) is -0.696. The quantitative estimate of drug-likeness (QED) is 0.636. The van der Waals surface area contributed by atoms with Crippen LogP contribution in [-0.2, 0) is 16.0 Å². The van der Waals surface area contributed by atoms with Gasteiger partial charge in [-0.25, -0.2) is 9.18 Å². The van der Waals surface area contributed by atoms with Crippen LogP contribution in [0.5, 0.6) is 5.75 Å². The molecule has 0 saturated carbocycles. The Bertz CT molecular complexity index is 1000. The highest BCUT2D eigenvalue weighted by Crippen LogP contribution is 2.28. The largest absolute Gasteiger partial charge is 0.496 e. The standard InChI is InChI=1S/C22H20FNO4/c1-27-20-11-10-18(16-7-3-4-8-17(16)20)22(26)28-14-21(25)24-13-12-15-6-2-5-9-19(15)23/h2-11H,12-14H2,1H3,(H,24,25). The Morgan fingerprint density at radius 3 is 2.43 bits per heavy atom. The topological polar surface area (TPSA) is 64.6 Å². The molecule has 3 aromatic carbocycles. The normalized spacial score (nSPS) is 10.5. The fourth-order valence-electron chi connectivity index (χ4n) is 2.93. The van der Waals surface area contributed by atoms with E-state index in [1.165, 1.54) is 6.07 Å². The van der Waals surface area contributed by atoms with E-state index in [1.54, 1.807) is 43.5 Å². The summed E-state index contributed by atoms with van der Waals surface area (Å²) < 4.78 is 24.0. The summed E-state index contributed by atoms with van der Waals surface area (Å²) in [6.45, 7) is -0.154. The number of fused-ring (bicyclic) bond motifs is 1. The third kappa shape index (κ3) is 4.46. The molecule has 3 aromatic rings. The highest BCUT2D eigenvalue weighted by atomic mass is 19.1. The van der Waals surface area contributed by atoms with Gasteiger partial charge in [-0.1, -0.05) is 42.5 Å². The minimum atomic E-state index is -0.594. The molecule has 0 saturated heterocycles. The Morgan fingerprint density at radius 1 is 0.964 bits per heavy atom. The van der Waals surface area contributed by atoms with E-state index in [0.717, 1.165) is 5.39 Å². The predicted octanol–water partition coefficient (Wildman–Crippen LogP) is 3.50. The highest BCUT2D eigenvalue weighted by Gasteiger charge is 2.15. The molecule has 0 atom stereocenters. The van der Waals surface area contributed by atoms with Gasteiger partial charge in [-0.05, 0) is 35.6 Å². The van der Waals surface area contributed by atoms with E-state index < -0.39 is 18.5 Å². The van der Waals surface area contributed by atoms with Crippen LogP contribution >= 0.6 is 0 Å².